The second kappa shape index (κ2) is 5.15. The van der Waals surface area contributed by atoms with E-state index in [1.807, 2.05) is 6.92 Å². The van der Waals surface area contributed by atoms with E-state index in [2.05, 4.69) is 28.2 Å². The predicted molar refractivity (Wildman–Crippen MR) is 62.6 cm³/mol. The Morgan fingerprint density at radius 2 is 2.21 bits per heavy atom. The summed E-state index contributed by atoms with van der Waals surface area (Å²) in [5.74, 6) is 0.391. The van der Waals surface area contributed by atoms with E-state index < -0.39 is 0 Å². The van der Waals surface area contributed by atoms with Crippen molar-refractivity contribution >= 4 is 21.8 Å². The van der Waals surface area contributed by atoms with Gasteiger partial charge < -0.3 is 5.32 Å². The average Bonchev–Trinajstić information content (AvgIpc) is 2.11. The smallest absolute Gasteiger partial charge is 0.223 e. The van der Waals surface area contributed by atoms with Crippen LogP contribution in [0.5, 0.6) is 0 Å². The molecule has 0 bridgehead atoms. The molecule has 3 heteroatoms. The van der Waals surface area contributed by atoms with Crippen LogP contribution in [0.25, 0.3) is 0 Å². The van der Waals surface area contributed by atoms with Crippen LogP contribution >= 0.6 is 15.9 Å². The van der Waals surface area contributed by atoms with Gasteiger partial charge in [0, 0.05) is 16.8 Å². The summed E-state index contributed by atoms with van der Waals surface area (Å²) in [5.41, 5.74) is 0.0824. The number of carbonyl (C=O) groups excluding carboxylic acids is 1. The van der Waals surface area contributed by atoms with E-state index in [0.29, 0.717) is 0 Å². The fraction of sp³-hybridized carbons (Fsp3) is 0.909. The number of rotatable bonds is 5. The number of halogens is 1. The number of amides is 1. The molecule has 1 fully saturated rings. The van der Waals surface area contributed by atoms with Crippen molar-refractivity contribution in [1.29, 1.82) is 0 Å². The summed E-state index contributed by atoms with van der Waals surface area (Å²) in [5, 5.41) is 4.07. The molecular weight excluding hydrogens is 242 g/mol. The van der Waals surface area contributed by atoms with Crippen molar-refractivity contribution in [1.82, 2.24) is 5.32 Å². The van der Waals surface area contributed by atoms with Crippen LogP contribution in [0.4, 0.5) is 0 Å². The zero-order valence-electron chi connectivity index (χ0n) is 9.11. The van der Waals surface area contributed by atoms with Gasteiger partial charge in [0.15, 0.2) is 0 Å². The Hall–Kier alpha value is -0.0500. The van der Waals surface area contributed by atoms with Gasteiger partial charge in [-0.2, -0.15) is 0 Å². The SMILES string of the molecule is CCCC(C)C(=O)NC1(CBr)CCC1. The van der Waals surface area contributed by atoms with Crippen LogP contribution in [0.15, 0.2) is 0 Å². The summed E-state index contributed by atoms with van der Waals surface area (Å²) in [6.07, 6.45) is 5.57. The van der Waals surface area contributed by atoms with Gasteiger partial charge in [-0.05, 0) is 25.7 Å². The lowest BCUT2D eigenvalue weighted by Gasteiger charge is -2.41. The van der Waals surface area contributed by atoms with Gasteiger partial charge in [-0.15, -0.1) is 0 Å². The van der Waals surface area contributed by atoms with Crippen LogP contribution in [0.3, 0.4) is 0 Å². The van der Waals surface area contributed by atoms with Crippen LogP contribution in [0.1, 0.15) is 46.0 Å². The molecule has 14 heavy (non-hydrogen) atoms. The molecule has 1 N–H and O–H groups in total. The lowest BCUT2D eigenvalue weighted by atomic mass is 9.78. The third-order valence-electron chi connectivity index (χ3n) is 3.12. The van der Waals surface area contributed by atoms with Gasteiger partial charge in [0.25, 0.3) is 0 Å². The number of alkyl halides is 1. The molecule has 0 aromatic carbocycles. The van der Waals surface area contributed by atoms with Gasteiger partial charge in [0.2, 0.25) is 5.91 Å². The van der Waals surface area contributed by atoms with Crippen molar-refractivity contribution in [3.63, 3.8) is 0 Å². The Kier molecular flexibility index (Phi) is 4.42. The first-order valence-corrected chi connectivity index (χ1v) is 6.63. The second-order valence-corrected chi connectivity index (χ2v) is 5.01. The van der Waals surface area contributed by atoms with E-state index in [4.69, 9.17) is 0 Å². The van der Waals surface area contributed by atoms with Crippen molar-refractivity contribution < 1.29 is 4.79 Å². The Morgan fingerprint density at radius 1 is 1.57 bits per heavy atom. The highest BCUT2D eigenvalue weighted by atomic mass is 79.9. The molecule has 0 saturated heterocycles. The highest BCUT2D eigenvalue weighted by molar-refractivity contribution is 9.09. The second-order valence-electron chi connectivity index (χ2n) is 4.45. The minimum Gasteiger partial charge on any atom is -0.350 e. The van der Waals surface area contributed by atoms with Crippen LogP contribution < -0.4 is 5.32 Å². The zero-order valence-corrected chi connectivity index (χ0v) is 10.7. The van der Waals surface area contributed by atoms with Crippen molar-refractivity contribution in [3.8, 4) is 0 Å². The molecule has 1 amide bonds. The molecule has 1 unspecified atom stereocenters. The van der Waals surface area contributed by atoms with E-state index >= 15 is 0 Å². The van der Waals surface area contributed by atoms with Crippen molar-refractivity contribution in [2.24, 2.45) is 5.92 Å². The Bertz CT molecular complexity index is 196. The molecule has 0 aliphatic heterocycles. The Labute approximate surface area is 95.0 Å². The maximum Gasteiger partial charge on any atom is 0.223 e. The third kappa shape index (κ3) is 2.72. The summed E-state index contributed by atoms with van der Waals surface area (Å²) < 4.78 is 0. The first-order valence-electron chi connectivity index (χ1n) is 5.51. The summed E-state index contributed by atoms with van der Waals surface area (Å²) in [7, 11) is 0. The molecule has 1 saturated carbocycles. The molecule has 0 radical (unpaired) electrons. The Morgan fingerprint density at radius 3 is 2.57 bits per heavy atom. The molecule has 1 rings (SSSR count). The molecule has 0 aromatic heterocycles. The molecule has 1 aliphatic carbocycles. The average molecular weight is 262 g/mol. The molecule has 2 nitrogen and oxygen atoms in total. The molecule has 0 aromatic rings. The van der Waals surface area contributed by atoms with E-state index in [-0.39, 0.29) is 17.4 Å². The third-order valence-corrected chi connectivity index (χ3v) is 4.20. The lowest BCUT2D eigenvalue weighted by molar-refractivity contribution is -0.127. The minimum absolute atomic E-state index is 0.0824. The first-order chi connectivity index (χ1) is 6.63. The summed E-state index contributed by atoms with van der Waals surface area (Å²) in [4.78, 5) is 11.8. The van der Waals surface area contributed by atoms with Gasteiger partial charge in [-0.3, -0.25) is 4.79 Å². The lowest BCUT2D eigenvalue weighted by Crippen LogP contribution is -2.56. The van der Waals surface area contributed by atoms with Gasteiger partial charge in [0.05, 0.1) is 0 Å². The molecule has 1 aliphatic rings. The molecular formula is C11H20BrNO. The van der Waals surface area contributed by atoms with E-state index in [9.17, 15) is 4.79 Å². The van der Waals surface area contributed by atoms with Gasteiger partial charge >= 0.3 is 0 Å². The van der Waals surface area contributed by atoms with Gasteiger partial charge in [0.1, 0.15) is 0 Å². The van der Waals surface area contributed by atoms with Crippen molar-refractivity contribution in [2.75, 3.05) is 5.33 Å². The van der Waals surface area contributed by atoms with Crippen LogP contribution in [0.2, 0.25) is 0 Å². The Balaban J connectivity index is 2.38. The molecule has 0 spiro atoms. The van der Waals surface area contributed by atoms with E-state index in [0.717, 1.165) is 31.0 Å². The van der Waals surface area contributed by atoms with Crippen LogP contribution in [-0.4, -0.2) is 16.8 Å². The number of hydrogen-bond donors (Lipinski definition) is 1. The normalized spacial score (nSPS) is 21.1. The topological polar surface area (TPSA) is 29.1 Å². The van der Waals surface area contributed by atoms with Gasteiger partial charge in [-0.1, -0.05) is 36.2 Å². The fourth-order valence-corrected chi connectivity index (χ4v) is 2.55. The molecule has 82 valence electrons. The fourth-order valence-electron chi connectivity index (χ4n) is 1.84. The predicted octanol–water partition coefficient (Wildman–Crippen LogP) is 2.86. The number of nitrogens with one attached hydrogen (secondary N) is 1. The number of carbonyl (C=O) groups is 1. The van der Waals surface area contributed by atoms with Gasteiger partial charge in [-0.25, -0.2) is 0 Å². The first kappa shape index (κ1) is 12.0. The highest BCUT2D eigenvalue weighted by Crippen LogP contribution is 2.33. The van der Waals surface area contributed by atoms with Crippen LogP contribution in [-0.2, 0) is 4.79 Å². The van der Waals surface area contributed by atoms with Crippen molar-refractivity contribution in [2.45, 2.75) is 51.5 Å². The maximum absolute atomic E-state index is 11.8. The van der Waals surface area contributed by atoms with E-state index in [1.54, 1.807) is 0 Å². The van der Waals surface area contributed by atoms with E-state index in [1.165, 1.54) is 6.42 Å². The van der Waals surface area contributed by atoms with Crippen LogP contribution in [0, 0.1) is 5.92 Å². The number of hydrogen-bond acceptors (Lipinski definition) is 1. The minimum atomic E-state index is 0.0824. The quantitative estimate of drug-likeness (QED) is 0.758. The van der Waals surface area contributed by atoms with Crippen molar-refractivity contribution in [3.05, 3.63) is 0 Å². The molecule has 1 atom stereocenters. The summed E-state index contributed by atoms with van der Waals surface area (Å²) in [6.45, 7) is 4.13. The summed E-state index contributed by atoms with van der Waals surface area (Å²) >= 11 is 3.49. The largest absolute Gasteiger partial charge is 0.350 e. The highest BCUT2D eigenvalue weighted by Gasteiger charge is 2.37. The monoisotopic (exact) mass is 261 g/mol. The standard InChI is InChI=1S/C11H20BrNO/c1-3-5-9(2)10(14)13-11(8-12)6-4-7-11/h9H,3-8H2,1-2H3,(H,13,14). The maximum atomic E-state index is 11.8. The molecule has 0 heterocycles. The summed E-state index contributed by atoms with van der Waals surface area (Å²) in [6, 6.07) is 0. The zero-order chi connectivity index (χ0) is 10.6.